The molecule has 0 radical (unpaired) electrons. The van der Waals surface area contributed by atoms with E-state index in [0.29, 0.717) is 6.54 Å². The van der Waals surface area contributed by atoms with Gasteiger partial charge >= 0.3 is 0 Å². The Bertz CT molecular complexity index is 331. The highest BCUT2D eigenvalue weighted by atomic mass is 16.2. The first kappa shape index (κ1) is 9.33. The van der Waals surface area contributed by atoms with E-state index < -0.39 is 0 Å². The number of imidazole rings is 1. The fraction of sp³-hybridized carbons (Fsp3) is 0.333. The van der Waals surface area contributed by atoms with Crippen LogP contribution in [-0.4, -0.2) is 27.8 Å². The Morgan fingerprint density at radius 1 is 1.77 bits per heavy atom. The Balaban J connectivity index is 2.54. The minimum absolute atomic E-state index is 0.195. The minimum Gasteiger partial charge on any atom is -0.347 e. The van der Waals surface area contributed by atoms with Crippen molar-refractivity contribution in [3.63, 3.8) is 0 Å². The van der Waals surface area contributed by atoms with Crippen LogP contribution in [0, 0.1) is 11.8 Å². The number of nitrogens with zero attached hydrogens (tertiary/aromatic N) is 2. The van der Waals surface area contributed by atoms with E-state index in [9.17, 15) is 4.79 Å². The highest BCUT2D eigenvalue weighted by Crippen LogP contribution is 1.94. The van der Waals surface area contributed by atoms with Crippen molar-refractivity contribution in [2.75, 3.05) is 7.05 Å². The Morgan fingerprint density at radius 3 is 3.08 bits per heavy atom. The third-order valence-electron chi connectivity index (χ3n) is 1.52. The molecular weight excluding hydrogens is 166 g/mol. The smallest absolute Gasteiger partial charge is 0.298 e. The van der Waals surface area contributed by atoms with Crippen LogP contribution in [0.25, 0.3) is 0 Å². The van der Waals surface area contributed by atoms with Crippen LogP contribution in [-0.2, 0) is 11.3 Å². The van der Waals surface area contributed by atoms with Gasteiger partial charge in [0.2, 0.25) is 0 Å². The van der Waals surface area contributed by atoms with Crippen molar-refractivity contribution in [1.82, 2.24) is 14.9 Å². The summed E-state index contributed by atoms with van der Waals surface area (Å²) in [5, 5.41) is 0. The van der Waals surface area contributed by atoms with Crippen LogP contribution >= 0.6 is 0 Å². The highest BCUT2D eigenvalue weighted by molar-refractivity contribution is 5.93. The molecule has 4 heteroatoms. The lowest BCUT2D eigenvalue weighted by atomic mass is 10.4. The zero-order valence-electron chi connectivity index (χ0n) is 7.66. The van der Waals surface area contributed by atoms with Crippen molar-refractivity contribution < 1.29 is 4.79 Å². The zero-order chi connectivity index (χ0) is 9.68. The molecule has 0 aliphatic heterocycles. The lowest BCUT2D eigenvalue weighted by Crippen LogP contribution is -2.25. The molecule has 1 rings (SSSR count). The fourth-order valence-corrected chi connectivity index (χ4v) is 0.883. The molecule has 4 nitrogen and oxygen atoms in total. The maximum Gasteiger partial charge on any atom is 0.298 e. The van der Waals surface area contributed by atoms with E-state index in [-0.39, 0.29) is 5.91 Å². The maximum atomic E-state index is 11.2. The highest BCUT2D eigenvalue weighted by Gasteiger charge is 2.06. The third kappa shape index (κ3) is 2.64. The molecule has 1 heterocycles. The van der Waals surface area contributed by atoms with Crippen LogP contribution in [0.5, 0.6) is 0 Å². The van der Waals surface area contributed by atoms with Gasteiger partial charge < -0.3 is 9.88 Å². The van der Waals surface area contributed by atoms with Gasteiger partial charge in [-0.05, 0) is 12.8 Å². The predicted octanol–water partition coefficient (Wildman–Crippen LogP) is 0.391. The molecular formula is C9H11N3O. The third-order valence-corrected chi connectivity index (χ3v) is 1.52. The molecule has 13 heavy (non-hydrogen) atoms. The standard InChI is InChI=1S/C9H11N3O/c1-3-4-9(13)12(2)7-8-10-5-6-11-8/h5-6H,7H2,1-2H3,(H,10,11). The number of aromatic amines is 1. The summed E-state index contributed by atoms with van der Waals surface area (Å²) in [6, 6.07) is 0. The van der Waals surface area contributed by atoms with E-state index in [2.05, 4.69) is 21.8 Å². The second-order valence-corrected chi connectivity index (χ2v) is 2.57. The summed E-state index contributed by atoms with van der Waals surface area (Å²) in [6.07, 6.45) is 3.37. The van der Waals surface area contributed by atoms with E-state index in [1.807, 2.05) is 0 Å². The number of rotatable bonds is 2. The Hall–Kier alpha value is -1.76. The Morgan fingerprint density at radius 2 is 2.54 bits per heavy atom. The molecule has 0 atom stereocenters. The Kier molecular flexibility index (Phi) is 3.09. The molecule has 1 amide bonds. The predicted molar refractivity (Wildman–Crippen MR) is 48.5 cm³/mol. The number of nitrogens with one attached hydrogen (secondary N) is 1. The summed E-state index contributed by atoms with van der Waals surface area (Å²) in [5.41, 5.74) is 0. The molecule has 0 bridgehead atoms. The molecule has 0 aliphatic rings. The van der Waals surface area contributed by atoms with Gasteiger partial charge in [-0.1, -0.05) is 5.92 Å². The number of amides is 1. The van der Waals surface area contributed by atoms with Gasteiger partial charge in [-0.25, -0.2) is 4.98 Å². The van der Waals surface area contributed by atoms with Crippen molar-refractivity contribution in [3.8, 4) is 11.8 Å². The second-order valence-electron chi connectivity index (χ2n) is 2.57. The molecule has 68 valence electrons. The fourth-order valence-electron chi connectivity index (χ4n) is 0.883. The lowest BCUT2D eigenvalue weighted by molar-refractivity contribution is -0.124. The van der Waals surface area contributed by atoms with Gasteiger partial charge in [0.05, 0.1) is 6.54 Å². The zero-order valence-corrected chi connectivity index (χ0v) is 7.66. The average molecular weight is 177 g/mol. The molecule has 0 spiro atoms. The molecule has 0 saturated carbocycles. The minimum atomic E-state index is -0.195. The van der Waals surface area contributed by atoms with Crippen molar-refractivity contribution in [2.45, 2.75) is 13.5 Å². The van der Waals surface area contributed by atoms with E-state index in [1.165, 1.54) is 4.90 Å². The van der Waals surface area contributed by atoms with Gasteiger partial charge in [0.25, 0.3) is 5.91 Å². The monoisotopic (exact) mass is 177 g/mol. The first-order chi connectivity index (χ1) is 6.24. The van der Waals surface area contributed by atoms with Gasteiger partial charge in [0, 0.05) is 19.4 Å². The largest absolute Gasteiger partial charge is 0.347 e. The average Bonchev–Trinajstić information content (AvgIpc) is 2.57. The molecule has 1 aromatic heterocycles. The van der Waals surface area contributed by atoms with E-state index in [0.717, 1.165) is 5.82 Å². The summed E-state index contributed by atoms with van der Waals surface area (Å²) >= 11 is 0. The summed E-state index contributed by atoms with van der Waals surface area (Å²) in [6.45, 7) is 2.10. The number of hydrogen-bond acceptors (Lipinski definition) is 2. The van der Waals surface area contributed by atoms with Crippen molar-refractivity contribution in [3.05, 3.63) is 18.2 Å². The summed E-state index contributed by atoms with van der Waals surface area (Å²) in [7, 11) is 1.69. The first-order valence-corrected chi connectivity index (χ1v) is 3.90. The van der Waals surface area contributed by atoms with Crippen LogP contribution in [0.2, 0.25) is 0 Å². The quantitative estimate of drug-likeness (QED) is 0.664. The molecule has 0 saturated heterocycles. The van der Waals surface area contributed by atoms with Gasteiger partial charge in [0.15, 0.2) is 0 Å². The SMILES string of the molecule is CC#CC(=O)N(C)Cc1ncc[nH]1. The van der Waals surface area contributed by atoms with Gasteiger partial charge in [-0.15, -0.1) is 0 Å². The van der Waals surface area contributed by atoms with E-state index >= 15 is 0 Å². The second kappa shape index (κ2) is 4.31. The number of carbonyl (C=O) groups excluding carboxylic acids is 1. The molecule has 0 unspecified atom stereocenters. The number of carbonyl (C=O) groups is 1. The topological polar surface area (TPSA) is 49.0 Å². The summed E-state index contributed by atoms with van der Waals surface area (Å²) in [4.78, 5) is 19.6. The summed E-state index contributed by atoms with van der Waals surface area (Å²) in [5.74, 6) is 5.57. The molecule has 1 aromatic rings. The van der Waals surface area contributed by atoms with Crippen LogP contribution in [0.1, 0.15) is 12.7 Å². The van der Waals surface area contributed by atoms with Crippen LogP contribution < -0.4 is 0 Å². The first-order valence-electron chi connectivity index (χ1n) is 3.90. The van der Waals surface area contributed by atoms with Crippen molar-refractivity contribution in [2.24, 2.45) is 0 Å². The number of aromatic nitrogens is 2. The van der Waals surface area contributed by atoms with Crippen molar-refractivity contribution >= 4 is 5.91 Å². The molecule has 0 aromatic carbocycles. The molecule has 0 fully saturated rings. The molecule has 0 aliphatic carbocycles. The summed E-state index contributed by atoms with van der Waals surface area (Å²) < 4.78 is 0. The van der Waals surface area contributed by atoms with Crippen LogP contribution in [0.15, 0.2) is 12.4 Å². The molecule has 1 N–H and O–H groups in total. The number of hydrogen-bond donors (Lipinski definition) is 1. The van der Waals surface area contributed by atoms with Crippen LogP contribution in [0.4, 0.5) is 0 Å². The number of H-pyrrole nitrogens is 1. The lowest BCUT2D eigenvalue weighted by Gasteiger charge is -2.10. The van der Waals surface area contributed by atoms with Crippen molar-refractivity contribution in [1.29, 1.82) is 0 Å². The maximum absolute atomic E-state index is 11.2. The van der Waals surface area contributed by atoms with Gasteiger partial charge in [0.1, 0.15) is 5.82 Å². The van der Waals surface area contributed by atoms with Gasteiger partial charge in [-0.2, -0.15) is 0 Å². The van der Waals surface area contributed by atoms with Gasteiger partial charge in [-0.3, -0.25) is 4.79 Å². The van der Waals surface area contributed by atoms with E-state index in [1.54, 1.807) is 26.4 Å². The van der Waals surface area contributed by atoms with E-state index in [4.69, 9.17) is 0 Å². The van der Waals surface area contributed by atoms with Crippen LogP contribution in [0.3, 0.4) is 0 Å². The normalized spacial score (nSPS) is 8.77. The Labute approximate surface area is 77.0 Å².